The molecule has 2 nitrogen and oxygen atoms in total. The fourth-order valence-electron chi connectivity index (χ4n) is 1.50. The third-order valence-electron chi connectivity index (χ3n) is 2.65. The summed E-state index contributed by atoms with van der Waals surface area (Å²) in [4.78, 5) is 0. The molecular weight excluding hydrogens is 140 g/mol. The monoisotopic (exact) mass is 160 g/mol. The number of hydrogen-bond acceptors (Lipinski definition) is 2. The third-order valence-corrected chi connectivity index (χ3v) is 2.65. The van der Waals surface area contributed by atoms with Crippen molar-refractivity contribution in [2.24, 2.45) is 5.41 Å². The van der Waals surface area contributed by atoms with Crippen molar-refractivity contribution in [3.8, 4) is 0 Å². The van der Waals surface area contributed by atoms with Crippen LogP contribution >= 0.6 is 0 Å². The molecular formula is C9H20O2. The highest BCUT2D eigenvalue weighted by molar-refractivity contribution is 4.81. The van der Waals surface area contributed by atoms with E-state index in [2.05, 4.69) is 6.92 Å². The van der Waals surface area contributed by atoms with Crippen molar-refractivity contribution in [3.05, 3.63) is 0 Å². The SMILES string of the molecule is CCCC(CC)(CO)C(C)O. The van der Waals surface area contributed by atoms with Gasteiger partial charge in [0.2, 0.25) is 0 Å². The van der Waals surface area contributed by atoms with E-state index >= 15 is 0 Å². The first-order valence-electron chi connectivity index (χ1n) is 4.42. The number of aliphatic hydroxyl groups is 2. The lowest BCUT2D eigenvalue weighted by atomic mass is 9.77. The van der Waals surface area contributed by atoms with Crippen molar-refractivity contribution in [2.75, 3.05) is 6.61 Å². The van der Waals surface area contributed by atoms with Crippen LogP contribution in [0.5, 0.6) is 0 Å². The molecule has 11 heavy (non-hydrogen) atoms. The van der Waals surface area contributed by atoms with Gasteiger partial charge in [-0.15, -0.1) is 0 Å². The van der Waals surface area contributed by atoms with Crippen LogP contribution < -0.4 is 0 Å². The number of rotatable bonds is 5. The minimum absolute atomic E-state index is 0.0923. The van der Waals surface area contributed by atoms with Crippen molar-refractivity contribution < 1.29 is 10.2 Å². The fraction of sp³-hybridized carbons (Fsp3) is 1.00. The Kier molecular flexibility index (Phi) is 4.69. The highest BCUT2D eigenvalue weighted by Crippen LogP contribution is 2.31. The Labute approximate surface area is 69.2 Å². The summed E-state index contributed by atoms with van der Waals surface area (Å²) in [7, 11) is 0. The topological polar surface area (TPSA) is 40.5 Å². The van der Waals surface area contributed by atoms with Gasteiger partial charge in [0.05, 0.1) is 12.7 Å². The Hall–Kier alpha value is -0.0800. The molecule has 0 bridgehead atoms. The second-order valence-electron chi connectivity index (χ2n) is 3.30. The summed E-state index contributed by atoms with van der Waals surface area (Å²) in [6, 6.07) is 0. The zero-order valence-corrected chi connectivity index (χ0v) is 7.80. The van der Waals surface area contributed by atoms with E-state index in [1.54, 1.807) is 6.92 Å². The highest BCUT2D eigenvalue weighted by atomic mass is 16.3. The van der Waals surface area contributed by atoms with E-state index in [0.717, 1.165) is 19.3 Å². The van der Waals surface area contributed by atoms with Crippen LogP contribution in [0.3, 0.4) is 0 Å². The summed E-state index contributed by atoms with van der Waals surface area (Å²) in [5.41, 5.74) is -0.255. The Morgan fingerprint density at radius 3 is 2.00 bits per heavy atom. The van der Waals surface area contributed by atoms with Gasteiger partial charge >= 0.3 is 0 Å². The standard InChI is InChI=1S/C9H20O2/c1-4-6-9(5-2,7-10)8(3)11/h8,10-11H,4-7H2,1-3H3. The van der Waals surface area contributed by atoms with Gasteiger partial charge in [-0.1, -0.05) is 20.3 Å². The smallest absolute Gasteiger partial charge is 0.0590 e. The molecule has 0 saturated carbocycles. The second-order valence-corrected chi connectivity index (χ2v) is 3.30. The van der Waals surface area contributed by atoms with Crippen LogP contribution in [0.25, 0.3) is 0 Å². The van der Waals surface area contributed by atoms with Crippen LogP contribution in [-0.2, 0) is 0 Å². The zero-order valence-electron chi connectivity index (χ0n) is 7.80. The molecule has 0 aliphatic rings. The van der Waals surface area contributed by atoms with E-state index < -0.39 is 6.10 Å². The van der Waals surface area contributed by atoms with Crippen LogP contribution in [0, 0.1) is 5.41 Å². The molecule has 2 atom stereocenters. The molecule has 0 rings (SSSR count). The second kappa shape index (κ2) is 4.73. The third kappa shape index (κ3) is 2.46. The van der Waals surface area contributed by atoms with Gasteiger partial charge in [0, 0.05) is 5.41 Å². The van der Waals surface area contributed by atoms with E-state index in [1.807, 2.05) is 6.92 Å². The zero-order chi connectivity index (χ0) is 8.91. The lowest BCUT2D eigenvalue weighted by molar-refractivity contribution is -0.0164. The average molecular weight is 160 g/mol. The molecule has 0 aromatic heterocycles. The van der Waals surface area contributed by atoms with Crippen molar-refractivity contribution in [3.63, 3.8) is 0 Å². The summed E-state index contributed by atoms with van der Waals surface area (Å²) in [6.07, 6.45) is 2.35. The number of hydrogen-bond donors (Lipinski definition) is 2. The van der Waals surface area contributed by atoms with Crippen LogP contribution in [-0.4, -0.2) is 22.9 Å². The summed E-state index contributed by atoms with van der Waals surface area (Å²) < 4.78 is 0. The van der Waals surface area contributed by atoms with E-state index in [4.69, 9.17) is 5.11 Å². The summed E-state index contributed by atoms with van der Waals surface area (Å²) in [5, 5.41) is 18.6. The Morgan fingerprint density at radius 1 is 1.36 bits per heavy atom. The quantitative estimate of drug-likeness (QED) is 0.640. The lowest BCUT2D eigenvalue weighted by Gasteiger charge is -2.33. The normalized spacial score (nSPS) is 19.4. The van der Waals surface area contributed by atoms with E-state index in [0.29, 0.717) is 0 Å². The van der Waals surface area contributed by atoms with Crippen molar-refractivity contribution >= 4 is 0 Å². The van der Waals surface area contributed by atoms with Crippen LogP contribution in [0.2, 0.25) is 0 Å². The molecule has 0 heterocycles. The molecule has 68 valence electrons. The average Bonchev–Trinajstić information content (AvgIpc) is 2.00. The fourth-order valence-corrected chi connectivity index (χ4v) is 1.50. The first kappa shape index (κ1) is 10.9. The molecule has 2 N–H and O–H groups in total. The maximum atomic E-state index is 9.43. The van der Waals surface area contributed by atoms with E-state index in [9.17, 15) is 5.11 Å². The van der Waals surface area contributed by atoms with Gasteiger partial charge < -0.3 is 10.2 Å². The van der Waals surface area contributed by atoms with Gasteiger partial charge in [-0.05, 0) is 19.8 Å². The van der Waals surface area contributed by atoms with Crippen molar-refractivity contribution in [1.82, 2.24) is 0 Å². The van der Waals surface area contributed by atoms with Gasteiger partial charge in [-0.25, -0.2) is 0 Å². The first-order valence-corrected chi connectivity index (χ1v) is 4.42. The van der Waals surface area contributed by atoms with Crippen LogP contribution in [0.1, 0.15) is 40.0 Å². The van der Waals surface area contributed by atoms with E-state index in [1.165, 1.54) is 0 Å². The highest BCUT2D eigenvalue weighted by Gasteiger charge is 2.31. The molecule has 2 unspecified atom stereocenters. The van der Waals surface area contributed by atoms with Gasteiger partial charge in [-0.3, -0.25) is 0 Å². The minimum Gasteiger partial charge on any atom is -0.396 e. The summed E-state index contributed by atoms with van der Waals surface area (Å²) in [5.74, 6) is 0. The predicted molar refractivity (Wildman–Crippen MR) is 46.4 cm³/mol. The molecule has 0 spiro atoms. The minimum atomic E-state index is -0.405. The maximum Gasteiger partial charge on any atom is 0.0590 e. The molecule has 0 aromatic rings. The van der Waals surface area contributed by atoms with Crippen molar-refractivity contribution in [1.29, 1.82) is 0 Å². The molecule has 2 heteroatoms. The summed E-state index contributed by atoms with van der Waals surface area (Å²) >= 11 is 0. The summed E-state index contributed by atoms with van der Waals surface area (Å²) in [6.45, 7) is 5.94. The Morgan fingerprint density at radius 2 is 1.91 bits per heavy atom. The van der Waals surface area contributed by atoms with Gasteiger partial charge in [0.15, 0.2) is 0 Å². The Bertz CT molecular complexity index is 95.7. The molecule has 0 aliphatic heterocycles. The molecule has 0 amide bonds. The van der Waals surface area contributed by atoms with Crippen LogP contribution in [0.4, 0.5) is 0 Å². The lowest BCUT2D eigenvalue weighted by Crippen LogP contribution is -2.36. The van der Waals surface area contributed by atoms with Crippen LogP contribution in [0.15, 0.2) is 0 Å². The van der Waals surface area contributed by atoms with Crippen molar-refractivity contribution in [2.45, 2.75) is 46.1 Å². The largest absolute Gasteiger partial charge is 0.396 e. The molecule has 0 saturated heterocycles. The first-order chi connectivity index (χ1) is 5.13. The molecule has 0 aromatic carbocycles. The van der Waals surface area contributed by atoms with Gasteiger partial charge in [0.1, 0.15) is 0 Å². The molecule has 0 fully saturated rings. The van der Waals surface area contributed by atoms with E-state index in [-0.39, 0.29) is 12.0 Å². The molecule has 0 radical (unpaired) electrons. The van der Waals surface area contributed by atoms with Gasteiger partial charge in [-0.2, -0.15) is 0 Å². The Balaban J connectivity index is 4.20. The predicted octanol–water partition coefficient (Wildman–Crippen LogP) is 1.56. The van der Waals surface area contributed by atoms with Gasteiger partial charge in [0.25, 0.3) is 0 Å². The number of aliphatic hydroxyl groups excluding tert-OH is 2. The molecule has 0 aliphatic carbocycles. The maximum absolute atomic E-state index is 9.43.